The molecule has 0 unspecified atom stereocenters. The summed E-state index contributed by atoms with van der Waals surface area (Å²) in [5.74, 6) is 11.4. The molecule has 0 aliphatic carbocycles. The van der Waals surface area contributed by atoms with Crippen molar-refractivity contribution in [2.75, 3.05) is 0 Å². The van der Waals surface area contributed by atoms with Gasteiger partial charge in [0.2, 0.25) is 0 Å². The Balaban J connectivity index is 1.52. The van der Waals surface area contributed by atoms with E-state index < -0.39 is 5.97 Å². The number of carboxylic acid groups (broad SMARTS) is 1. The van der Waals surface area contributed by atoms with Crippen LogP contribution < -0.4 is 0 Å². The lowest BCUT2D eigenvalue weighted by Gasteiger charge is -2.02. The van der Waals surface area contributed by atoms with Gasteiger partial charge in [0.25, 0.3) is 0 Å². The second kappa shape index (κ2) is 9.31. The molecule has 0 aliphatic rings. The molecule has 0 spiro atoms. The fraction of sp³-hybridized carbons (Fsp3) is 0.0370. The number of rotatable bonds is 3. The summed E-state index contributed by atoms with van der Waals surface area (Å²) in [6.45, 7) is 0. The average molecular weight is 402 g/mol. The summed E-state index contributed by atoms with van der Waals surface area (Å²) >= 11 is 0. The highest BCUT2D eigenvalue weighted by atomic mass is 16.4. The zero-order valence-corrected chi connectivity index (χ0v) is 16.6. The number of aromatic nitrogens is 2. The molecule has 31 heavy (non-hydrogen) atoms. The largest absolute Gasteiger partial charge is 0.478 e. The molecule has 4 rings (SSSR count). The molecule has 4 aromatic rings. The molecule has 0 fully saturated rings. The molecule has 0 saturated carbocycles. The van der Waals surface area contributed by atoms with Gasteiger partial charge < -0.3 is 10.1 Å². The van der Waals surface area contributed by atoms with Crippen LogP contribution in [0.25, 0.3) is 0 Å². The highest BCUT2D eigenvalue weighted by Crippen LogP contribution is 2.13. The van der Waals surface area contributed by atoms with E-state index in [1.54, 1.807) is 30.6 Å². The number of benzene rings is 3. The Morgan fingerprint density at radius 2 is 1.42 bits per heavy atom. The molecule has 0 atom stereocenters. The number of aromatic carboxylic acids is 1. The highest BCUT2D eigenvalue weighted by molar-refractivity contribution is 5.90. The molecule has 4 heteroatoms. The first-order valence-electron chi connectivity index (χ1n) is 9.70. The minimum absolute atomic E-state index is 0.200. The van der Waals surface area contributed by atoms with E-state index in [-0.39, 0.29) is 5.56 Å². The Kier molecular flexibility index (Phi) is 5.93. The monoisotopic (exact) mass is 402 g/mol. The maximum absolute atomic E-state index is 11.3. The van der Waals surface area contributed by atoms with E-state index in [0.29, 0.717) is 5.56 Å². The minimum Gasteiger partial charge on any atom is -0.478 e. The summed E-state index contributed by atoms with van der Waals surface area (Å²) in [4.78, 5) is 18.5. The van der Waals surface area contributed by atoms with Gasteiger partial charge in [-0.25, -0.2) is 9.78 Å². The van der Waals surface area contributed by atoms with E-state index in [1.165, 1.54) is 0 Å². The molecule has 0 aliphatic heterocycles. The summed E-state index contributed by atoms with van der Waals surface area (Å²) in [5.41, 5.74) is 5.53. The summed E-state index contributed by atoms with van der Waals surface area (Å²) < 4.78 is 0. The Morgan fingerprint density at radius 1 is 0.806 bits per heavy atom. The van der Waals surface area contributed by atoms with E-state index in [4.69, 9.17) is 0 Å². The lowest BCUT2D eigenvalue weighted by molar-refractivity contribution is 0.0696. The lowest BCUT2D eigenvalue weighted by Crippen LogP contribution is -1.99. The first kappa shape index (κ1) is 19.8. The molecule has 1 aromatic heterocycles. The van der Waals surface area contributed by atoms with Gasteiger partial charge in [-0.05, 0) is 48.0 Å². The predicted molar refractivity (Wildman–Crippen MR) is 120 cm³/mol. The first-order chi connectivity index (χ1) is 15.2. The van der Waals surface area contributed by atoms with Crippen LogP contribution >= 0.6 is 0 Å². The quantitative estimate of drug-likeness (QED) is 0.496. The molecule has 0 saturated heterocycles. The van der Waals surface area contributed by atoms with Crippen LogP contribution in [0.4, 0.5) is 0 Å². The van der Waals surface area contributed by atoms with Crippen LogP contribution in [-0.4, -0.2) is 21.0 Å². The van der Waals surface area contributed by atoms with Gasteiger partial charge in [-0.15, -0.1) is 0 Å². The van der Waals surface area contributed by atoms with Gasteiger partial charge in [0, 0.05) is 40.6 Å². The molecule has 0 amide bonds. The number of carboxylic acids is 1. The third-order valence-corrected chi connectivity index (χ3v) is 4.68. The second-order valence-corrected chi connectivity index (χ2v) is 6.84. The normalized spacial score (nSPS) is 9.81. The van der Waals surface area contributed by atoms with E-state index in [2.05, 4.69) is 39.7 Å². The van der Waals surface area contributed by atoms with Gasteiger partial charge in [0.1, 0.15) is 0 Å². The van der Waals surface area contributed by atoms with Gasteiger partial charge in [-0.3, -0.25) is 0 Å². The van der Waals surface area contributed by atoms with Crippen molar-refractivity contribution in [2.24, 2.45) is 0 Å². The lowest BCUT2D eigenvalue weighted by atomic mass is 10.0. The van der Waals surface area contributed by atoms with Gasteiger partial charge in [0.05, 0.1) is 11.9 Å². The fourth-order valence-electron chi connectivity index (χ4n) is 3.08. The van der Waals surface area contributed by atoms with Gasteiger partial charge in [-0.1, -0.05) is 54.0 Å². The topological polar surface area (TPSA) is 66.0 Å². The van der Waals surface area contributed by atoms with Crippen LogP contribution in [0.15, 0.2) is 85.3 Å². The van der Waals surface area contributed by atoms with Crippen LogP contribution in [0.1, 0.15) is 43.9 Å². The standard InChI is InChI=1S/C27H18N2O2/c30-27(31)26-8-4-3-6-23(26)16-14-21-11-9-20(10-12-21)13-15-22-5-1-2-7-24(22)17-25-18-28-19-29-25/h1-12,18-19H,17H2,(H,28,29)(H,30,31). The van der Waals surface area contributed by atoms with Gasteiger partial charge in [0.15, 0.2) is 0 Å². The van der Waals surface area contributed by atoms with E-state index >= 15 is 0 Å². The maximum Gasteiger partial charge on any atom is 0.336 e. The number of carbonyl (C=O) groups is 1. The maximum atomic E-state index is 11.3. The van der Waals surface area contributed by atoms with Crippen molar-refractivity contribution in [3.63, 3.8) is 0 Å². The molecule has 0 bridgehead atoms. The van der Waals surface area contributed by atoms with Crippen LogP contribution in [0.3, 0.4) is 0 Å². The predicted octanol–water partition coefficient (Wildman–Crippen LogP) is 4.50. The van der Waals surface area contributed by atoms with Crippen LogP contribution in [0.5, 0.6) is 0 Å². The summed E-state index contributed by atoms with van der Waals surface area (Å²) in [5, 5.41) is 9.26. The molecule has 148 valence electrons. The number of imidazole rings is 1. The van der Waals surface area contributed by atoms with Crippen LogP contribution in [0, 0.1) is 23.7 Å². The first-order valence-corrected chi connectivity index (χ1v) is 9.70. The van der Waals surface area contributed by atoms with Crippen molar-refractivity contribution in [1.29, 1.82) is 0 Å². The van der Waals surface area contributed by atoms with Crippen molar-refractivity contribution < 1.29 is 9.90 Å². The van der Waals surface area contributed by atoms with Crippen LogP contribution in [-0.2, 0) is 6.42 Å². The molecule has 2 N–H and O–H groups in total. The average Bonchev–Trinajstić information content (AvgIpc) is 3.31. The molecular weight excluding hydrogens is 384 g/mol. The minimum atomic E-state index is -0.983. The zero-order chi connectivity index (χ0) is 21.5. The van der Waals surface area contributed by atoms with E-state index in [0.717, 1.165) is 34.4 Å². The van der Waals surface area contributed by atoms with Crippen molar-refractivity contribution in [3.8, 4) is 23.7 Å². The van der Waals surface area contributed by atoms with Crippen molar-refractivity contribution in [2.45, 2.75) is 6.42 Å². The molecule has 4 nitrogen and oxygen atoms in total. The van der Waals surface area contributed by atoms with Crippen LogP contribution in [0.2, 0.25) is 0 Å². The van der Waals surface area contributed by atoms with Gasteiger partial charge in [-0.2, -0.15) is 0 Å². The Morgan fingerprint density at radius 3 is 2.06 bits per heavy atom. The number of H-pyrrole nitrogens is 1. The molecule has 3 aromatic carbocycles. The van der Waals surface area contributed by atoms with Crippen molar-refractivity contribution in [1.82, 2.24) is 9.97 Å². The van der Waals surface area contributed by atoms with E-state index in [1.807, 2.05) is 48.7 Å². The van der Waals surface area contributed by atoms with Crippen molar-refractivity contribution >= 4 is 5.97 Å². The number of nitrogens with one attached hydrogen (secondary N) is 1. The number of hydrogen-bond acceptors (Lipinski definition) is 2. The fourth-order valence-corrected chi connectivity index (χ4v) is 3.08. The Hall–Kier alpha value is -4.54. The van der Waals surface area contributed by atoms with E-state index in [9.17, 15) is 9.90 Å². The third-order valence-electron chi connectivity index (χ3n) is 4.68. The number of hydrogen-bond donors (Lipinski definition) is 2. The van der Waals surface area contributed by atoms with Crippen molar-refractivity contribution in [3.05, 3.63) is 124 Å². The highest BCUT2D eigenvalue weighted by Gasteiger charge is 2.06. The summed E-state index contributed by atoms with van der Waals surface area (Å²) in [6.07, 6.45) is 4.24. The number of nitrogens with zero attached hydrogens (tertiary/aromatic N) is 1. The Bertz CT molecular complexity index is 1330. The van der Waals surface area contributed by atoms with Gasteiger partial charge >= 0.3 is 5.97 Å². The number of aromatic amines is 1. The molecule has 1 heterocycles. The summed E-state index contributed by atoms with van der Waals surface area (Å²) in [7, 11) is 0. The molecular formula is C27H18N2O2. The third kappa shape index (κ3) is 5.09. The SMILES string of the molecule is O=C(O)c1ccccc1C#Cc1ccc(C#Cc2ccccc2Cc2cnc[nH]2)cc1. The smallest absolute Gasteiger partial charge is 0.336 e. The summed E-state index contributed by atoms with van der Waals surface area (Å²) in [6, 6.07) is 22.4. The second-order valence-electron chi connectivity index (χ2n) is 6.84. The molecule has 0 radical (unpaired) electrons. The Labute approximate surface area is 180 Å². The zero-order valence-electron chi connectivity index (χ0n) is 16.6.